The van der Waals surface area contributed by atoms with Crippen LogP contribution in [0.1, 0.15) is 5.56 Å². The first kappa shape index (κ1) is 19.9. The molecule has 140 valence electrons. The van der Waals surface area contributed by atoms with Crippen molar-refractivity contribution in [2.24, 2.45) is 0 Å². The topological polar surface area (TPSA) is 89.9 Å². The highest BCUT2D eigenvalue weighted by atomic mass is 32.2. The monoisotopic (exact) mass is 380 g/mol. The van der Waals surface area contributed by atoms with Crippen molar-refractivity contribution in [3.05, 3.63) is 54.1 Å². The number of hydrogen-bond donors (Lipinski definition) is 1. The molecule has 0 radical (unpaired) electrons. The molecule has 0 unspecified atom stereocenters. The Kier molecular flexibility index (Phi) is 6.01. The van der Waals surface area contributed by atoms with E-state index >= 15 is 0 Å². The van der Waals surface area contributed by atoms with Crippen LogP contribution in [-0.4, -0.2) is 46.9 Å². The lowest BCUT2D eigenvalue weighted by atomic mass is 10.1. The van der Waals surface area contributed by atoms with Gasteiger partial charge in [0, 0.05) is 6.42 Å². The molecule has 0 aliphatic carbocycles. The molecule has 0 atom stereocenters. The molecule has 0 saturated carbocycles. The van der Waals surface area contributed by atoms with Gasteiger partial charge in [0.15, 0.2) is 0 Å². The van der Waals surface area contributed by atoms with Crippen molar-refractivity contribution in [2.75, 3.05) is 27.7 Å². The van der Waals surface area contributed by atoms with E-state index in [1.807, 2.05) is 24.3 Å². The van der Waals surface area contributed by atoms with Gasteiger partial charge < -0.3 is 9.47 Å². The molecule has 8 heteroatoms. The second kappa shape index (κ2) is 7.86. The third-order valence-electron chi connectivity index (χ3n) is 3.64. The SMILES string of the molecule is C[N+](C)(C)c1ccc(CCOC(=O)Oc2ccc(S(=O)(=O)O)cc2)cc1. The van der Waals surface area contributed by atoms with Crippen molar-refractivity contribution < 1.29 is 27.2 Å². The van der Waals surface area contributed by atoms with E-state index < -0.39 is 16.3 Å². The summed E-state index contributed by atoms with van der Waals surface area (Å²) in [7, 11) is 1.96. The Bertz CT molecular complexity index is 852. The van der Waals surface area contributed by atoms with E-state index in [0.29, 0.717) is 6.42 Å². The number of nitrogens with zero attached hydrogens (tertiary/aromatic N) is 1. The van der Waals surface area contributed by atoms with Crippen LogP contribution in [0.2, 0.25) is 0 Å². The Morgan fingerprint density at radius 3 is 2.08 bits per heavy atom. The average Bonchev–Trinajstić information content (AvgIpc) is 2.54. The highest BCUT2D eigenvalue weighted by Gasteiger charge is 2.12. The average molecular weight is 380 g/mol. The molecule has 0 saturated heterocycles. The van der Waals surface area contributed by atoms with Crippen molar-refractivity contribution in [3.63, 3.8) is 0 Å². The first-order valence-corrected chi connectivity index (χ1v) is 9.33. The van der Waals surface area contributed by atoms with E-state index in [1.54, 1.807) is 0 Å². The van der Waals surface area contributed by atoms with Crippen molar-refractivity contribution in [1.29, 1.82) is 0 Å². The fourth-order valence-corrected chi connectivity index (χ4v) is 2.65. The van der Waals surface area contributed by atoms with Gasteiger partial charge in [-0.15, -0.1) is 0 Å². The predicted molar refractivity (Wildman–Crippen MR) is 97.9 cm³/mol. The maximum Gasteiger partial charge on any atom is 0.513 e. The van der Waals surface area contributed by atoms with E-state index in [-0.39, 0.29) is 17.3 Å². The molecular weight excluding hydrogens is 358 g/mol. The Hall–Kier alpha value is -2.42. The summed E-state index contributed by atoms with van der Waals surface area (Å²) < 4.78 is 41.4. The van der Waals surface area contributed by atoms with Gasteiger partial charge in [-0.1, -0.05) is 12.1 Å². The Balaban J connectivity index is 1.82. The van der Waals surface area contributed by atoms with Crippen molar-refractivity contribution >= 4 is 22.0 Å². The number of hydrogen-bond acceptors (Lipinski definition) is 5. The van der Waals surface area contributed by atoms with Gasteiger partial charge in [-0.05, 0) is 42.0 Å². The minimum absolute atomic E-state index is 0.120. The molecule has 2 aromatic carbocycles. The van der Waals surface area contributed by atoms with Crippen LogP contribution in [-0.2, 0) is 21.3 Å². The van der Waals surface area contributed by atoms with Crippen molar-refractivity contribution in [3.8, 4) is 5.75 Å². The molecule has 0 fully saturated rings. The van der Waals surface area contributed by atoms with E-state index in [1.165, 1.54) is 17.8 Å². The van der Waals surface area contributed by atoms with Gasteiger partial charge in [0.25, 0.3) is 10.1 Å². The van der Waals surface area contributed by atoms with Gasteiger partial charge in [0.2, 0.25) is 0 Å². The molecule has 2 aromatic rings. The van der Waals surface area contributed by atoms with Crippen LogP contribution in [0.25, 0.3) is 0 Å². The van der Waals surface area contributed by atoms with Gasteiger partial charge in [0.05, 0.1) is 32.6 Å². The molecule has 0 amide bonds. The zero-order chi connectivity index (χ0) is 19.4. The molecule has 7 nitrogen and oxygen atoms in total. The number of benzene rings is 2. The zero-order valence-electron chi connectivity index (χ0n) is 14.9. The van der Waals surface area contributed by atoms with Crippen LogP contribution in [0, 0.1) is 0 Å². The Labute approximate surface area is 153 Å². The summed E-state index contributed by atoms with van der Waals surface area (Å²) in [5, 5.41) is 0. The minimum Gasteiger partial charge on any atom is -0.434 e. The van der Waals surface area contributed by atoms with Crippen molar-refractivity contribution in [2.45, 2.75) is 11.3 Å². The van der Waals surface area contributed by atoms with E-state index in [9.17, 15) is 13.2 Å². The second-order valence-electron chi connectivity index (χ2n) is 6.58. The molecule has 0 aliphatic heterocycles. The third kappa shape index (κ3) is 5.83. The molecule has 0 aliphatic rings. The van der Waals surface area contributed by atoms with E-state index in [4.69, 9.17) is 14.0 Å². The summed E-state index contributed by atoms with van der Waals surface area (Å²) in [5.74, 6) is 0.120. The summed E-state index contributed by atoms with van der Waals surface area (Å²) in [6.45, 7) is 0.158. The van der Waals surface area contributed by atoms with Gasteiger partial charge >= 0.3 is 6.16 Å². The number of quaternary nitrogens is 1. The van der Waals surface area contributed by atoms with E-state index in [0.717, 1.165) is 22.2 Å². The van der Waals surface area contributed by atoms with Gasteiger partial charge in [-0.3, -0.25) is 9.04 Å². The summed E-state index contributed by atoms with van der Waals surface area (Å²) in [4.78, 5) is 11.4. The number of ether oxygens (including phenoxy) is 2. The smallest absolute Gasteiger partial charge is 0.434 e. The number of carbonyl (C=O) groups excluding carboxylic acids is 1. The maximum atomic E-state index is 11.7. The fraction of sp³-hybridized carbons (Fsp3) is 0.278. The molecule has 0 heterocycles. The molecule has 0 spiro atoms. The Morgan fingerprint density at radius 1 is 1.00 bits per heavy atom. The predicted octanol–water partition coefficient (Wildman–Crippen LogP) is 2.89. The first-order chi connectivity index (χ1) is 12.1. The normalized spacial score (nSPS) is 11.8. The Morgan fingerprint density at radius 2 is 1.58 bits per heavy atom. The first-order valence-electron chi connectivity index (χ1n) is 7.89. The van der Waals surface area contributed by atoms with Gasteiger partial charge in [0.1, 0.15) is 11.4 Å². The summed E-state index contributed by atoms with van der Waals surface area (Å²) >= 11 is 0. The lowest BCUT2D eigenvalue weighted by Gasteiger charge is -2.23. The van der Waals surface area contributed by atoms with Gasteiger partial charge in [-0.25, -0.2) is 4.79 Å². The van der Waals surface area contributed by atoms with Crippen LogP contribution >= 0.6 is 0 Å². The molecule has 26 heavy (non-hydrogen) atoms. The van der Waals surface area contributed by atoms with Crippen molar-refractivity contribution in [1.82, 2.24) is 4.48 Å². The second-order valence-corrected chi connectivity index (χ2v) is 8.00. The summed E-state index contributed by atoms with van der Waals surface area (Å²) in [5.41, 5.74) is 2.20. The van der Waals surface area contributed by atoms with Crippen LogP contribution < -0.4 is 9.22 Å². The lowest BCUT2D eigenvalue weighted by Crippen LogP contribution is -2.34. The van der Waals surface area contributed by atoms with Crippen LogP contribution in [0.15, 0.2) is 53.4 Å². The molecule has 1 N–H and O–H groups in total. The maximum absolute atomic E-state index is 11.7. The standard InChI is InChI=1S/C18H21NO6S/c1-19(2,3)15-6-4-14(5-7-15)12-13-24-18(20)25-16-8-10-17(11-9-16)26(21,22)23/h4-11H,12-13H2,1-3H3/p+1. The quantitative estimate of drug-likeness (QED) is 0.359. The minimum atomic E-state index is -4.28. The lowest BCUT2D eigenvalue weighted by molar-refractivity contribution is 0.100. The summed E-state index contributed by atoms with van der Waals surface area (Å²) in [6, 6.07) is 12.8. The van der Waals surface area contributed by atoms with Crippen LogP contribution in [0.4, 0.5) is 10.5 Å². The molecular formula is C18H22NO6S+. The largest absolute Gasteiger partial charge is 0.513 e. The molecule has 0 aromatic heterocycles. The molecule has 2 rings (SSSR count). The third-order valence-corrected chi connectivity index (χ3v) is 4.51. The zero-order valence-corrected chi connectivity index (χ0v) is 15.7. The highest BCUT2D eigenvalue weighted by Crippen LogP contribution is 2.18. The number of rotatable bonds is 6. The van der Waals surface area contributed by atoms with Gasteiger partial charge in [-0.2, -0.15) is 8.42 Å². The number of carbonyl (C=O) groups is 1. The summed E-state index contributed by atoms with van der Waals surface area (Å²) in [6.07, 6.45) is -0.332. The van der Waals surface area contributed by atoms with Crippen LogP contribution in [0.3, 0.4) is 0 Å². The fourth-order valence-electron chi connectivity index (χ4n) is 2.17. The van der Waals surface area contributed by atoms with E-state index in [2.05, 4.69) is 21.1 Å². The highest BCUT2D eigenvalue weighted by molar-refractivity contribution is 7.85. The molecule has 0 bridgehead atoms. The van der Waals surface area contributed by atoms with Crippen LogP contribution in [0.5, 0.6) is 5.75 Å².